The smallest absolute Gasteiger partial charge is 0.341 e. The third-order valence-electron chi connectivity index (χ3n) is 4.65. The van der Waals surface area contributed by atoms with Crippen molar-refractivity contribution in [2.75, 3.05) is 33.9 Å². The van der Waals surface area contributed by atoms with Crippen molar-refractivity contribution in [1.82, 2.24) is 15.5 Å². The highest BCUT2D eigenvalue weighted by atomic mass is 16.5. The molecule has 0 aliphatic heterocycles. The summed E-state index contributed by atoms with van der Waals surface area (Å²) in [6, 6.07) is 6.51. The van der Waals surface area contributed by atoms with E-state index in [2.05, 4.69) is 48.2 Å². The normalized spacial score (nSPS) is 11.9. The predicted octanol–water partition coefficient (Wildman–Crippen LogP) is 3.05. The van der Waals surface area contributed by atoms with Crippen LogP contribution in [0.4, 0.5) is 0 Å². The Morgan fingerprint density at radius 1 is 1.14 bits per heavy atom. The maximum Gasteiger partial charge on any atom is 0.341 e. The van der Waals surface area contributed by atoms with Gasteiger partial charge in [0.15, 0.2) is 5.96 Å². The van der Waals surface area contributed by atoms with Crippen LogP contribution in [0.1, 0.15) is 57.0 Å². The molecule has 7 heteroatoms. The van der Waals surface area contributed by atoms with E-state index >= 15 is 0 Å². The molecule has 0 aromatic heterocycles. The van der Waals surface area contributed by atoms with Crippen LogP contribution >= 0.6 is 0 Å². The van der Waals surface area contributed by atoms with Crippen molar-refractivity contribution in [2.45, 2.75) is 59.7 Å². The van der Waals surface area contributed by atoms with Gasteiger partial charge in [-0.1, -0.05) is 6.07 Å². The minimum absolute atomic E-state index is 0.406. The molecule has 7 nitrogen and oxygen atoms in total. The summed E-state index contributed by atoms with van der Waals surface area (Å²) >= 11 is 0. The quantitative estimate of drug-likeness (QED) is 0.255. The molecular formula is C22H38N4O3. The predicted molar refractivity (Wildman–Crippen MR) is 119 cm³/mol. The topological polar surface area (TPSA) is 75.2 Å². The Morgan fingerprint density at radius 2 is 1.83 bits per heavy atom. The van der Waals surface area contributed by atoms with Crippen molar-refractivity contribution in [3.8, 4) is 5.75 Å². The van der Waals surface area contributed by atoms with E-state index in [9.17, 15) is 4.79 Å². The van der Waals surface area contributed by atoms with Gasteiger partial charge in [0, 0.05) is 31.7 Å². The van der Waals surface area contributed by atoms with Gasteiger partial charge in [-0.15, -0.1) is 0 Å². The van der Waals surface area contributed by atoms with Crippen LogP contribution in [-0.4, -0.2) is 62.8 Å². The van der Waals surface area contributed by atoms with E-state index in [1.807, 2.05) is 13.0 Å². The zero-order valence-electron chi connectivity index (χ0n) is 19.0. The van der Waals surface area contributed by atoms with E-state index < -0.39 is 5.97 Å². The number of nitrogens with one attached hydrogen (secondary N) is 2. The van der Waals surface area contributed by atoms with E-state index in [-0.39, 0.29) is 0 Å². The number of aliphatic imine (C=N–C) groups is 1. The van der Waals surface area contributed by atoms with E-state index in [1.54, 1.807) is 12.1 Å². The highest BCUT2D eigenvalue weighted by Crippen LogP contribution is 2.21. The van der Waals surface area contributed by atoms with Gasteiger partial charge < -0.3 is 20.1 Å². The molecule has 29 heavy (non-hydrogen) atoms. The Bertz CT molecular complexity index is 651. The van der Waals surface area contributed by atoms with Gasteiger partial charge in [0.05, 0.1) is 20.8 Å². The largest absolute Gasteiger partial charge is 0.496 e. The van der Waals surface area contributed by atoms with Gasteiger partial charge in [-0.25, -0.2) is 9.79 Å². The molecule has 0 amide bonds. The summed E-state index contributed by atoms with van der Waals surface area (Å²) < 4.78 is 10.1. The number of hydrogen-bond acceptors (Lipinski definition) is 5. The first-order valence-electron chi connectivity index (χ1n) is 10.4. The number of carbonyl (C=O) groups is 1. The maximum atomic E-state index is 11.9. The monoisotopic (exact) mass is 406 g/mol. The number of rotatable bonds is 11. The van der Waals surface area contributed by atoms with Crippen molar-refractivity contribution in [3.63, 3.8) is 0 Å². The van der Waals surface area contributed by atoms with E-state index in [0.717, 1.165) is 37.6 Å². The van der Waals surface area contributed by atoms with Gasteiger partial charge in [0.2, 0.25) is 0 Å². The molecule has 1 aromatic carbocycles. The van der Waals surface area contributed by atoms with Crippen molar-refractivity contribution in [3.05, 3.63) is 29.3 Å². The highest BCUT2D eigenvalue weighted by molar-refractivity contribution is 5.92. The molecule has 0 unspecified atom stereocenters. The average Bonchev–Trinajstić information content (AvgIpc) is 2.70. The Kier molecular flexibility index (Phi) is 11.1. The minimum Gasteiger partial charge on any atom is -0.496 e. The first-order chi connectivity index (χ1) is 13.8. The van der Waals surface area contributed by atoms with Crippen molar-refractivity contribution in [1.29, 1.82) is 0 Å². The van der Waals surface area contributed by atoms with Crippen LogP contribution in [0, 0.1) is 0 Å². The van der Waals surface area contributed by atoms with Crippen LogP contribution in [0.15, 0.2) is 23.2 Å². The van der Waals surface area contributed by atoms with Crippen LogP contribution in [0.3, 0.4) is 0 Å². The second kappa shape index (κ2) is 13.0. The third kappa shape index (κ3) is 8.31. The summed E-state index contributed by atoms with van der Waals surface area (Å²) in [6.07, 6.45) is 1.04. The van der Waals surface area contributed by atoms with Gasteiger partial charge in [0.25, 0.3) is 0 Å². The molecule has 0 fully saturated rings. The molecule has 164 valence electrons. The number of ether oxygens (including phenoxy) is 2. The van der Waals surface area contributed by atoms with Gasteiger partial charge in [0.1, 0.15) is 11.3 Å². The van der Waals surface area contributed by atoms with Crippen LogP contribution in [0.25, 0.3) is 0 Å². The van der Waals surface area contributed by atoms with Gasteiger partial charge in [-0.3, -0.25) is 4.90 Å². The number of nitrogens with zero attached hydrogens (tertiary/aromatic N) is 2. The summed E-state index contributed by atoms with van der Waals surface area (Å²) in [5.41, 5.74) is 1.32. The molecule has 0 saturated heterocycles. The summed E-state index contributed by atoms with van der Waals surface area (Å²) in [4.78, 5) is 19.1. The fraction of sp³-hybridized carbons (Fsp3) is 0.636. The molecule has 2 N–H and O–H groups in total. The fourth-order valence-electron chi connectivity index (χ4n) is 3.22. The summed E-state index contributed by atoms with van der Waals surface area (Å²) in [5, 5.41) is 6.66. The molecule has 0 saturated carbocycles. The van der Waals surface area contributed by atoms with Gasteiger partial charge in [-0.05, 0) is 58.7 Å². The van der Waals surface area contributed by atoms with Crippen molar-refractivity contribution < 1.29 is 14.3 Å². The van der Waals surface area contributed by atoms with E-state index in [0.29, 0.717) is 29.9 Å². The minimum atomic E-state index is -0.419. The molecule has 0 aliphatic rings. The highest BCUT2D eigenvalue weighted by Gasteiger charge is 2.14. The Hall–Kier alpha value is -2.28. The lowest BCUT2D eigenvalue weighted by atomic mass is 10.1. The zero-order chi connectivity index (χ0) is 21.8. The zero-order valence-corrected chi connectivity index (χ0v) is 19.0. The summed E-state index contributed by atoms with van der Waals surface area (Å²) in [7, 11) is 2.89. The summed E-state index contributed by atoms with van der Waals surface area (Å²) in [6.45, 7) is 14.1. The fourth-order valence-corrected chi connectivity index (χ4v) is 3.22. The molecule has 0 atom stereocenters. The second-order valence-electron chi connectivity index (χ2n) is 7.43. The number of methoxy groups -OCH3 is 2. The third-order valence-corrected chi connectivity index (χ3v) is 4.65. The SMILES string of the molecule is CCNC(=NCc1ccc(OC)c(C(=O)OC)c1)NCCCN(C(C)C)C(C)C. The molecule has 0 aliphatic carbocycles. The summed E-state index contributed by atoms with van der Waals surface area (Å²) in [5.74, 6) is 0.843. The first kappa shape index (κ1) is 24.8. The Morgan fingerprint density at radius 3 is 2.38 bits per heavy atom. The van der Waals surface area contributed by atoms with Gasteiger partial charge in [-0.2, -0.15) is 0 Å². The number of guanidine groups is 1. The number of carbonyl (C=O) groups excluding carboxylic acids is 1. The first-order valence-corrected chi connectivity index (χ1v) is 10.4. The molecule has 0 bridgehead atoms. The number of benzene rings is 1. The molecule has 0 radical (unpaired) electrons. The average molecular weight is 407 g/mol. The van der Waals surface area contributed by atoms with E-state index in [4.69, 9.17) is 9.47 Å². The van der Waals surface area contributed by atoms with Crippen molar-refractivity contribution in [2.24, 2.45) is 4.99 Å². The second-order valence-corrected chi connectivity index (χ2v) is 7.43. The number of hydrogen-bond donors (Lipinski definition) is 2. The van der Waals surface area contributed by atoms with Gasteiger partial charge >= 0.3 is 5.97 Å². The lowest BCUT2D eigenvalue weighted by molar-refractivity contribution is 0.0597. The molecule has 1 aromatic rings. The lowest BCUT2D eigenvalue weighted by Gasteiger charge is -2.30. The Balaban J connectivity index is 2.71. The van der Waals surface area contributed by atoms with E-state index in [1.165, 1.54) is 14.2 Å². The maximum absolute atomic E-state index is 11.9. The molecule has 1 rings (SSSR count). The number of esters is 1. The standard InChI is InChI=1S/C22H38N4O3/c1-8-23-22(24-12-9-13-26(16(2)3)17(4)5)25-15-18-10-11-20(28-6)19(14-18)21(27)29-7/h10-11,14,16-17H,8-9,12-13,15H2,1-7H3,(H2,23,24,25). The lowest BCUT2D eigenvalue weighted by Crippen LogP contribution is -2.41. The van der Waals surface area contributed by atoms with Crippen LogP contribution < -0.4 is 15.4 Å². The van der Waals surface area contributed by atoms with Crippen molar-refractivity contribution >= 4 is 11.9 Å². The molecule has 0 spiro atoms. The van der Waals surface area contributed by atoms with Crippen LogP contribution in [-0.2, 0) is 11.3 Å². The van der Waals surface area contributed by atoms with Crippen LogP contribution in [0.2, 0.25) is 0 Å². The molecular weight excluding hydrogens is 368 g/mol. The van der Waals surface area contributed by atoms with Crippen LogP contribution in [0.5, 0.6) is 5.75 Å². The Labute approximate surface area is 175 Å². The molecule has 0 heterocycles.